The quantitative estimate of drug-likeness (QED) is 0.892. The molecule has 0 radical (unpaired) electrons. The van der Waals surface area contributed by atoms with E-state index in [0.717, 1.165) is 17.1 Å². The van der Waals surface area contributed by atoms with E-state index >= 15 is 0 Å². The fraction of sp³-hybridized carbons (Fsp3) is 0.294. The first-order valence-corrected chi connectivity index (χ1v) is 7.16. The van der Waals surface area contributed by atoms with Crippen molar-refractivity contribution in [3.05, 3.63) is 59.0 Å². The molecule has 22 heavy (non-hydrogen) atoms. The van der Waals surface area contributed by atoms with E-state index in [-0.39, 0.29) is 17.9 Å². The third kappa shape index (κ3) is 4.22. The number of hydrogen-bond donors (Lipinski definition) is 2. The lowest BCUT2D eigenvalue weighted by atomic mass is 10.1. The number of nitrogens with one attached hydrogen (secondary N) is 2. The first-order chi connectivity index (χ1) is 10.5. The topological polar surface area (TPSA) is 71.3 Å². The largest absolute Gasteiger partial charge is 0.464 e. The van der Waals surface area contributed by atoms with E-state index < -0.39 is 0 Å². The molecule has 0 aliphatic heterocycles. The van der Waals surface area contributed by atoms with Gasteiger partial charge in [0, 0.05) is 19.0 Å². The van der Waals surface area contributed by atoms with Crippen LogP contribution >= 0.6 is 0 Å². The number of rotatable bonds is 5. The molecule has 0 saturated carbocycles. The predicted molar refractivity (Wildman–Crippen MR) is 83.3 cm³/mol. The SMILES string of the molecule is CC(=O)NCc1ccc(C(=O)NC(C)c2ccc(C)o2)cc1. The van der Waals surface area contributed by atoms with Gasteiger partial charge < -0.3 is 15.1 Å². The van der Waals surface area contributed by atoms with Gasteiger partial charge in [-0.1, -0.05) is 12.1 Å². The van der Waals surface area contributed by atoms with Gasteiger partial charge in [-0.25, -0.2) is 0 Å². The Kier molecular flexibility index (Phi) is 4.99. The molecular weight excluding hydrogens is 280 g/mol. The van der Waals surface area contributed by atoms with Crippen LogP contribution in [0.1, 0.15) is 47.3 Å². The minimum absolute atomic E-state index is 0.0793. The fourth-order valence-electron chi connectivity index (χ4n) is 2.04. The lowest BCUT2D eigenvalue weighted by Crippen LogP contribution is -2.26. The normalized spacial score (nSPS) is 11.8. The van der Waals surface area contributed by atoms with Crippen molar-refractivity contribution >= 4 is 11.8 Å². The Labute approximate surface area is 129 Å². The van der Waals surface area contributed by atoms with E-state index in [1.165, 1.54) is 6.92 Å². The zero-order chi connectivity index (χ0) is 16.1. The second kappa shape index (κ2) is 6.93. The molecule has 0 saturated heterocycles. The van der Waals surface area contributed by atoms with E-state index in [1.54, 1.807) is 12.1 Å². The van der Waals surface area contributed by atoms with Gasteiger partial charge in [0.2, 0.25) is 5.91 Å². The summed E-state index contributed by atoms with van der Waals surface area (Å²) in [5.41, 5.74) is 1.52. The maximum absolute atomic E-state index is 12.2. The molecule has 116 valence electrons. The molecule has 1 aromatic heterocycles. The average molecular weight is 300 g/mol. The molecule has 1 heterocycles. The molecule has 1 atom stereocenters. The van der Waals surface area contributed by atoms with Gasteiger partial charge in [0.25, 0.3) is 5.91 Å². The van der Waals surface area contributed by atoms with Crippen molar-refractivity contribution in [2.45, 2.75) is 33.4 Å². The smallest absolute Gasteiger partial charge is 0.251 e. The molecule has 0 aliphatic rings. The number of furan rings is 1. The van der Waals surface area contributed by atoms with Crippen LogP contribution in [0.5, 0.6) is 0 Å². The standard InChI is InChI=1S/C17H20N2O3/c1-11-4-9-16(22-11)12(2)19-17(21)15-7-5-14(6-8-15)10-18-13(3)20/h4-9,12H,10H2,1-3H3,(H,18,20)(H,19,21). The number of carbonyl (C=O) groups is 2. The number of amides is 2. The van der Waals surface area contributed by atoms with Crippen molar-refractivity contribution in [3.8, 4) is 0 Å². The van der Waals surface area contributed by atoms with Gasteiger partial charge in [0.1, 0.15) is 11.5 Å². The van der Waals surface area contributed by atoms with E-state index in [1.807, 2.05) is 38.1 Å². The van der Waals surface area contributed by atoms with Crippen LogP contribution in [0.25, 0.3) is 0 Å². The van der Waals surface area contributed by atoms with Crippen molar-refractivity contribution in [2.24, 2.45) is 0 Å². The minimum atomic E-state index is -0.194. The van der Waals surface area contributed by atoms with Gasteiger partial charge in [-0.05, 0) is 43.7 Å². The van der Waals surface area contributed by atoms with E-state index in [2.05, 4.69) is 10.6 Å². The van der Waals surface area contributed by atoms with Crippen LogP contribution in [0.4, 0.5) is 0 Å². The molecule has 0 aliphatic carbocycles. The van der Waals surface area contributed by atoms with Crippen molar-refractivity contribution in [3.63, 3.8) is 0 Å². The zero-order valence-corrected chi connectivity index (χ0v) is 13.0. The van der Waals surface area contributed by atoms with Crippen molar-refractivity contribution in [1.29, 1.82) is 0 Å². The Morgan fingerprint density at radius 1 is 1.14 bits per heavy atom. The number of carbonyl (C=O) groups excluding carboxylic acids is 2. The fourth-order valence-corrected chi connectivity index (χ4v) is 2.04. The molecule has 2 rings (SSSR count). The molecule has 0 fully saturated rings. The molecule has 1 aromatic carbocycles. The number of hydrogen-bond acceptors (Lipinski definition) is 3. The molecule has 0 bridgehead atoms. The third-order valence-electron chi connectivity index (χ3n) is 3.29. The van der Waals surface area contributed by atoms with Crippen LogP contribution in [0, 0.1) is 6.92 Å². The Balaban J connectivity index is 1.96. The van der Waals surface area contributed by atoms with Gasteiger partial charge in [0.05, 0.1) is 6.04 Å². The van der Waals surface area contributed by atoms with E-state index in [0.29, 0.717) is 12.1 Å². The summed E-state index contributed by atoms with van der Waals surface area (Å²) in [4.78, 5) is 23.1. The van der Waals surface area contributed by atoms with Crippen LogP contribution in [0.2, 0.25) is 0 Å². The van der Waals surface area contributed by atoms with Crippen LogP contribution in [0.15, 0.2) is 40.8 Å². The van der Waals surface area contributed by atoms with Crippen molar-refractivity contribution in [2.75, 3.05) is 0 Å². The van der Waals surface area contributed by atoms with Crippen molar-refractivity contribution < 1.29 is 14.0 Å². The van der Waals surface area contributed by atoms with Gasteiger partial charge in [-0.2, -0.15) is 0 Å². The van der Waals surface area contributed by atoms with E-state index in [4.69, 9.17) is 4.42 Å². The molecule has 2 aromatic rings. The van der Waals surface area contributed by atoms with Crippen LogP contribution in [0.3, 0.4) is 0 Å². The molecule has 2 amide bonds. The average Bonchev–Trinajstić information content (AvgIpc) is 2.92. The summed E-state index contributed by atoms with van der Waals surface area (Å²) < 4.78 is 5.50. The Hall–Kier alpha value is -2.56. The molecule has 0 spiro atoms. The van der Waals surface area contributed by atoms with Crippen molar-refractivity contribution in [1.82, 2.24) is 10.6 Å². The highest BCUT2D eigenvalue weighted by molar-refractivity contribution is 5.94. The van der Waals surface area contributed by atoms with Gasteiger partial charge in [0.15, 0.2) is 0 Å². The van der Waals surface area contributed by atoms with Gasteiger partial charge in [-0.15, -0.1) is 0 Å². The summed E-state index contributed by atoms with van der Waals surface area (Å²) in [6.07, 6.45) is 0. The molecule has 5 heteroatoms. The molecule has 1 unspecified atom stereocenters. The zero-order valence-electron chi connectivity index (χ0n) is 13.0. The summed E-state index contributed by atoms with van der Waals surface area (Å²) in [5.74, 6) is 1.31. The van der Waals surface area contributed by atoms with Crippen LogP contribution in [-0.2, 0) is 11.3 Å². The maximum atomic E-state index is 12.2. The summed E-state index contributed by atoms with van der Waals surface area (Å²) in [7, 11) is 0. The Bertz CT molecular complexity index is 659. The van der Waals surface area contributed by atoms with Crippen LogP contribution in [-0.4, -0.2) is 11.8 Å². The molecular formula is C17H20N2O3. The first-order valence-electron chi connectivity index (χ1n) is 7.16. The van der Waals surface area contributed by atoms with E-state index in [9.17, 15) is 9.59 Å². The highest BCUT2D eigenvalue weighted by Gasteiger charge is 2.14. The van der Waals surface area contributed by atoms with Gasteiger partial charge >= 0.3 is 0 Å². The lowest BCUT2D eigenvalue weighted by Gasteiger charge is -2.12. The highest BCUT2D eigenvalue weighted by Crippen LogP contribution is 2.16. The summed E-state index contributed by atoms with van der Waals surface area (Å²) in [5, 5.41) is 5.61. The Morgan fingerprint density at radius 3 is 2.36 bits per heavy atom. The second-order valence-electron chi connectivity index (χ2n) is 5.25. The predicted octanol–water partition coefficient (Wildman–Crippen LogP) is 2.72. The first kappa shape index (κ1) is 15.8. The lowest BCUT2D eigenvalue weighted by molar-refractivity contribution is -0.119. The summed E-state index contributed by atoms with van der Waals surface area (Å²) >= 11 is 0. The maximum Gasteiger partial charge on any atom is 0.251 e. The Morgan fingerprint density at radius 2 is 1.82 bits per heavy atom. The summed E-state index contributed by atoms with van der Waals surface area (Å²) in [6.45, 7) is 5.67. The molecule has 5 nitrogen and oxygen atoms in total. The second-order valence-corrected chi connectivity index (χ2v) is 5.25. The van der Waals surface area contributed by atoms with Gasteiger partial charge in [-0.3, -0.25) is 9.59 Å². The molecule has 2 N–H and O–H groups in total. The monoisotopic (exact) mass is 300 g/mol. The van der Waals surface area contributed by atoms with Crippen LogP contribution < -0.4 is 10.6 Å². The minimum Gasteiger partial charge on any atom is -0.464 e. The highest BCUT2D eigenvalue weighted by atomic mass is 16.3. The third-order valence-corrected chi connectivity index (χ3v) is 3.29. The summed E-state index contributed by atoms with van der Waals surface area (Å²) in [6, 6.07) is 10.7. The number of benzene rings is 1. The number of aryl methyl sites for hydroxylation is 1.